The molecule has 0 spiro atoms. The van der Waals surface area contributed by atoms with Crippen LogP contribution in [-0.4, -0.2) is 179 Å². The van der Waals surface area contributed by atoms with Gasteiger partial charge in [-0.15, -0.1) is 0 Å². The zero-order valence-electron chi connectivity index (χ0n) is 39.9. The van der Waals surface area contributed by atoms with Crippen LogP contribution < -0.4 is 0 Å². The quantitative estimate of drug-likeness (QED) is 0.0882. The van der Waals surface area contributed by atoms with E-state index in [4.69, 9.17) is 28.4 Å². The second-order valence-electron chi connectivity index (χ2n) is 23.7. The number of fused-ring (bicyclic) bond motifs is 7. The van der Waals surface area contributed by atoms with Crippen LogP contribution in [-0.2, 0) is 38.0 Å². The second-order valence-corrected chi connectivity index (χ2v) is 23.7. The highest BCUT2D eigenvalue weighted by atomic mass is 16.7. The molecule has 7 fully saturated rings. The molecular formula is C48H76O19. The Balaban J connectivity index is 1.05. The first-order chi connectivity index (χ1) is 31.1. The van der Waals surface area contributed by atoms with Crippen molar-refractivity contribution in [3.63, 3.8) is 0 Å². The summed E-state index contributed by atoms with van der Waals surface area (Å²) in [5, 5.41) is 118. The number of allylic oxidation sites excluding steroid dienone is 2. The molecule has 5 aliphatic carbocycles. The lowest BCUT2D eigenvalue weighted by atomic mass is 9.33. The fraction of sp³-hybridized carbons (Fsp3) is 0.917. The minimum Gasteiger partial charge on any atom is -0.479 e. The third kappa shape index (κ3) is 7.97. The molecule has 67 heavy (non-hydrogen) atoms. The summed E-state index contributed by atoms with van der Waals surface area (Å²) >= 11 is 0. The number of rotatable bonds is 8. The summed E-state index contributed by atoms with van der Waals surface area (Å²) < 4.78 is 35.1. The molecule has 382 valence electrons. The highest BCUT2D eigenvalue weighted by Gasteiger charge is 2.71. The summed E-state index contributed by atoms with van der Waals surface area (Å²) in [7, 11) is 0. The summed E-state index contributed by atoms with van der Waals surface area (Å²) in [6.07, 6.45) is -18.9. The Morgan fingerprint density at radius 1 is 0.687 bits per heavy atom. The molecule has 0 bridgehead atoms. The van der Waals surface area contributed by atoms with Gasteiger partial charge in [0.2, 0.25) is 6.29 Å². The lowest BCUT2D eigenvalue weighted by molar-refractivity contribution is -0.368. The number of ether oxygens (including phenoxy) is 6. The summed E-state index contributed by atoms with van der Waals surface area (Å²) in [5.74, 6) is -2.32. The van der Waals surface area contributed by atoms with Gasteiger partial charge in [-0.3, -0.25) is 4.79 Å². The number of hydrogen-bond donors (Lipinski definition) is 11. The van der Waals surface area contributed by atoms with Crippen molar-refractivity contribution in [1.29, 1.82) is 0 Å². The Morgan fingerprint density at radius 3 is 1.97 bits per heavy atom. The molecule has 0 radical (unpaired) electrons. The molecule has 19 nitrogen and oxygen atoms in total. The molecule has 3 aliphatic heterocycles. The van der Waals surface area contributed by atoms with E-state index in [2.05, 4.69) is 40.7 Å². The summed E-state index contributed by atoms with van der Waals surface area (Å²) in [4.78, 5) is 27.1. The SMILES string of the molecule is C[C@@H]1O[C@@H](O[C@@H]2[C@@H](O)[C@H](O[C@H]3[C@@H](O)C[C@]4(C)[C@H]5CC=C6[C@@H]7CC(C)(C)CC[C@]7(C(=O)O[C@@H]7O[C@H](CO)[C@@H](O)[C@H](O)[C@H]7O)CC[C@@]6(C)[C@]5(C)CC[C@H]4C3(C)C)O[C@H](C(=O)O)[C@H]2O)[C@H](O)[C@H](O)[C@H]1O. The van der Waals surface area contributed by atoms with E-state index in [1.54, 1.807) is 0 Å². The molecule has 0 aromatic rings. The first kappa shape index (κ1) is 51.4. The van der Waals surface area contributed by atoms with Gasteiger partial charge >= 0.3 is 11.9 Å². The number of carboxylic acids is 1. The highest BCUT2D eigenvalue weighted by molar-refractivity contribution is 5.79. The molecule has 11 N–H and O–H groups in total. The van der Waals surface area contributed by atoms with E-state index >= 15 is 0 Å². The zero-order valence-corrected chi connectivity index (χ0v) is 39.9. The fourth-order valence-corrected chi connectivity index (χ4v) is 15.1. The number of carboxylic acid groups (broad SMARTS) is 1. The molecule has 0 unspecified atom stereocenters. The van der Waals surface area contributed by atoms with Gasteiger partial charge < -0.3 is 84.6 Å². The van der Waals surface area contributed by atoms with E-state index in [9.17, 15) is 65.8 Å². The van der Waals surface area contributed by atoms with Crippen molar-refractivity contribution in [3.05, 3.63) is 11.6 Å². The summed E-state index contributed by atoms with van der Waals surface area (Å²) in [5.41, 5.74) is -1.78. The van der Waals surface area contributed by atoms with Crippen molar-refractivity contribution >= 4 is 11.9 Å². The third-order valence-electron chi connectivity index (χ3n) is 19.2. The van der Waals surface area contributed by atoms with Crippen LogP contribution in [0, 0.1) is 50.2 Å². The standard InChI is InChI=1S/C48H76O19/c1-20-27(51)29(53)31(55)39(62-20)64-35-33(57)36(38(59)60)65-41(34(35)58)66-37-23(50)18-45(6)25(44(37,4)5)11-12-47(8)26(45)10-9-21-22-17-43(2,3)13-15-48(22,16-14-46(21,47)7)42(61)67-40-32(56)30(54)28(52)24(19-49)63-40/h9,20,22-37,39-41,49-58H,10-19H2,1-8H3,(H,59,60)/t20-,22-,23-,24+,25-,26+,27-,28+,29+,30-,31+,32+,33-,34+,35-,36-,37-,39-,40-,41-,45-,46+,47+,48-/m0/s1. The van der Waals surface area contributed by atoms with E-state index in [1.807, 2.05) is 13.8 Å². The first-order valence-electron chi connectivity index (χ1n) is 24.3. The molecule has 24 atom stereocenters. The Bertz CT molecular complexity index is 1890. The van der Waals surface area contributed by atoms with Gasteiger partial charge in [0.25, 0.3) is 0 Å². The van der Waals surface area contributed by atoms with Crippen LogP contribution in [0.4, 0.5) is 0 Å². The van der Waals surface area contributed by atoms with E-state index < -0.39 is 139 Å². The predicted molar refractivity (Wildman–Crippen MR) is 231 cm³/mol. The van der Waals surface area contributed by atoms with Crippen LogP contribution in [0.3, 0.4) is 0 Å². The van der Waals surface area contributed by atoms with Crippen molar-refractivity contribution in [2.24, 2.45) is 50.2 Å². The van der Waals surface area contributed by atoms with Crippen molar-refractivity contribution in [3.8, 4) is 0 Å². The highest BCUT2D eigenvalue weighted by Crippen LogP contribution is 2.76. The lowest BCUT2D eigenvalue weighted by Crippen LogP contribution is -2.69. The average molecular weight is 957 g/mol. The van der Waals surface area contributed by atoms with Gasteiger partial charge in [-0.2, -0.15) is 0 Å². The van der Waals surface area contributed by atoms with E-state index in [-0.39, 0.29) is 34.0 Å². The summed E-state index contributed by atoms with van der Waals surface area (Å²) in [6, 6.07) is 0. The first-order valence-corrected chi connectivity index (χ1v) is 24.3. The molecule has 8 aliphatic rings. The number of aliphatic carboxylic acids is 1. The van der Waals surface area contributed by atoms with Gasteiger partial charge in [0.1, 0.15) is 61.0 Å². The fourth-order valence-electron chi connectivity index (χ4n) is 15.1. The van der Waals surface area contributed by atoms with E-state index in [1.165, 1.54) is 12.5 Å². The lowest BCUT2D eigenvalue weighted by Gasteiger charge is -2.71. The molecular weight excluding hydrogens is 881 g/mol. The van der Waals surface area contributed by atoms with Crippen LogP contribution in [0.5, 0.6) is 0 Å². The largest absolute Gasteiger partial charge is 0.479 e. The minimum atomic E-state index is -1.98. The zero-order chi connectivity index (χ0) is 49.3. The minimum absolute atomic E-state index is 0.0522. The van der Waals surface area contributed by atoms with Crippen LogP contribution in [0.15, 0.2) is 11.6 Å². The molecule has 3 saturated heterocycles. The second kappa shape index (κ2) is 17.7. The molecule has 8 rings (SSSR count). The van der Waals surface area contributed by atoms with Crippen molar-refractivity contribution in [2.75, 3.05) is 6.61 Å². The van der Waals surface area contributed by atoms with Crippen LogP contribution in [0.25, 0.3) is 0 Å². The van der Waals surface area contributed by atoms with Crippen LogP contribution in [0.2, 0.25) is 0 Å². The Morgan fingerprint density at radius 2 is 1.31 bits per heavy atom. The summed E-state index contributed by atoms with van der Waals surface area (Å²) in [6.45, 7) is 16.1. The number of aliphatic hydroxyl groups is 10. The number of carbonyl (C=O) groups is 2. The van der Waals surface area contributed by atoms with E-state index in [0.29, 0.717) is 38.5 Å². The number of esters is 1. The Labute approximate surface area is 391 Å². The van der Waals surface area contributed by atoms with Crippen molar-refractivity contribution in [1.82, 2.24) is 0 Å². The normalized spacial score (nSPS) is 53.7. The molecule has 0 amide bonds. The number of carbonyl (C=O) groups excluding carboxylic acids is 1. The molecule has 0 aromatic heterocycles. The predicted octanol–water partition coefficient (Wildman–Crippen LogP) is 0.231. The van der Waals surface area contributed by atoms with Gasteiger partial charge in [-0.25, -0.2) is 4.79 Å². The molecule has 3 heterocycles. The van der Waals surface area contributed by atoms with Crippen LogP contribution >= 0.6 is 0 Å². The van der Waals surface area contributed by atoms with Gasteiger partial charge in [0.05, 0.1) is 30.3 Å². The Kier molecular flexibility index (Phi) is 13.6. The van der Waals surface area contributed by atoms with Crippen LogP contribution in [0.1, 0.15) is 113 Å². The maximum absolute atomic E-state index is 14.7. The van der Waals surface area contributed by atoms with Gasteiger partial charge in [-0.1, -0.05) is 60.1 Å². The molecule has 4 saturated carbocycles. The van der Waals surface area contributed by atoms with Crippen molar-refractivity contribution < 1.29 is 94.2 Å². The van der Waals surface area contributed by atoms with E-state index in [0.717, 1.165) is 19.3 Å². The number of hydrogen-bond acceptors (Lipinski definition) is 18. The van der Waals surface area contributed by atoms with Gasteiger partial charge in [-0.05, 0) is 110 Å². The van der Waals surface area contributed by atoms with Gasteiger partial charge in [0.15, 0.2) is 18.7 Å². The average Bonchev–Trinajstić information content (AvgIpc) is 3.25. The third-order valence-corrected chi connectivity index (χ3v) is 19.2. The Hall–Kier alpha value is -1.92. The smallest absolute Gasteiger partial charge is 0.335 e. The van der Waals surface area contributed by atoms with Gasteiger partial charge in [0, 0.05) is 0 Å². The monoisotopic (exact) mass is 956 g/mol. The van der Waals surface area contributed by atoms with Crippen molar-refractivity contribution in [2.45, 2.75) is 218 Å². The maximum Gasteiger partial charge on any atom is 0.335 e. The molecule has 0 aromatic carbocycles. The number of aliphatic hydroxyl groups excluding tert-OH is 10. The maximum atomic E-state index is 14.7. The molecule has 19 heteroatoms. The topological polar surface area (TPSA) is 312 Å².